The summed E-state index contributed by atoms with van der Waals surface area (Å²) in [6, 6.07) is 0. The zero-order valence-electron chi connectivity index (χ0n) is 13.1. The Morgan fingerprint density at radius 2 is 1.76 bits per heavy atom. The fraction of sp³-hybridized carbons (Fsp3) is 0.875. The summed E-state index contributed by atoms with van der Waals surface area (Å²) in [5.41, 5.74) is 0. The van der Waals surface area contributed by atoms with Crippen LogP contribution in [-0.2, 0) is 9.59 Å². The van der Waals surface area contributed by atoms with Crippen LogP contribution in [0.2, 0.25) is 0 Å². The summed E-state index contributed by atoms with van der Waals surface area (Å²) in [6.07, 6.45) is 5.43. The van der Waals surface area contributed by atoms with Gasteiger partial charge in [-0.3, -0.25) is 9.59 Å². The smallest absolute Gasteiger partial charge is 0.303 e. The number of carboxylic acids is 1. The average molecular weight is 296 g/mol. The van der Waals surface area contributed by atoms with Gasteiger partial charge in [-0.25, -0.2) is 0 Å². The molecule has 120 valence electrons. The van der Waals surface area contributed by atoms with Gasteiger partial charge in [0, 0.05) is 32.0 Å². The molecule has 2 rings (SSSR count). The molecule has 0 bridgehead atoms. The van der Waals surface area contributed by atoms with Crippen molar-refractivity contribution in [1.82, 2.24) is 9.80 Å². The van der Waals surface area contributed by atoms with E-state index in [1.165, 1.54) is 12.8 Å². The first-order chi connectivity index (χ1) is 10.1. The van der Waals surface area contributed by atoms with Gasteiger partial charge in [0.05, 0.1) is 0 Å². The molecule has 0 spiro atoms. The van der Waals surface area contributed by atoms with E-state index in [4.69, 9.17) is 5.11 Å². The summed E-state index contributed by atoms with van der Waals surface area (Å²) >= 11 is 0. The molecule has 2 heterocycles. The first kappa shape index (κ1) is 16.3. The van der Waals surface area contributed by atoms with E-state index >= 15 is 0 Å². The quantitative estimate of drug-likeness (QED) is 0.812. The fourth-order valence-electron chi connectivity index (χ4n) is 3.51. The first-order valence-corrected chi connectivity index (χ1v) is 8.29. The van der Waals surface area contributed by atoms with E-state index in [2.05, 4.69) is 4.90 Å². The second-order valence-electron chi connectivity index (χ2n) is 6.61. The standard InChI is InChI=1S/C16H28N2O3/c1-13(12-17-8-2-3-9-17)16(21)18-10-6-14(7-11-18)4-5-15(19)20/h13-14H,2-12H2,1H3,(H,19,20)/t13-/m1/s1. The number of rotatable bonds is 6. The molecule has 1 amide bonds. The summed E-state index contributed by atoms with van der Waals surface area (Å²) in [5, 5.41) is 8.72. The van der Waals surface area contributed by atoms with Crippen LogP contribution in [0.1, 0.15) is 45.4 Å². The van der Waals surface area contributed by atoms with E-state index < -0.39 is 5.97 Å². The van der Waals surface area contributed by atoms with Crippen LogP contribution in [0.15, 0.2) is 0 Å². The number of aliphatic carboxylic acids is 1. The van der Waals surface area contributed by atoms with Crippen molar-refractivity contribution in [2.75, 3.05) is 32.7 Å². The summed E-state index contributed by atoms with van der Waals surface area (Å²) < 4.78 is 0. The van der Waals surface area contributed by atoms with E-state index in [1.807, 2.05) is 11.8 Å². The second kappa shape index (κ2) is 7.78. The van der Waals surface area contributed by atoms with Gasteiger partial charge in [0.2, 0.25) is 5.91 Å². The van der Waals surface area contributed by atoms with Crippen molar-refractivity contribution in [2.45, 2.75) is 45.4 Å². The number of carbonyl (C=O) groups excluding carboxylic acids is 1. The van der Waals surface area contributed by atoms with E-state index in [9.17, 15) is 9.59 Å². The zero-order valence-corrected chi connectivity index (χ0v) is 13.1. The lowest BCUT2D eigenvalue weighted by atomic mass is 9.91. The third-order valence-electron chi connectivity index (χ3n) is 4.84. The number of amides is 1. The van der Waals surface area contributed by atoms with Crippen LogP contribution < -0.4 is 0 Å². The molecule has 0 radical (unpaired) electrons. The summed E-state index contributed by atoms with van der Waals surface area (Å²) in [6.45, 7) is 6.79. The Hall–Kier alpha value is -1.10. The molecule has 0 saturated carbocycles. The molecule has 0 unspecified atom stereocenters. The Labute approximate surface area is 127 Å². The summed E-state index contributed by atoms with van der Waals surface area (Å²) in [5.74, 6) is 0.115. The van der Waals surface area contributed by atoms with Gasteiger partial charge in [-0.15, -0.1) is 0 Å². The van der Waals surface area contributed by atoms with Crippen LogP contribution in [-0.4, -0.2) is 59.5 Å². The van der Waals surface area contributed by atoms with E-state index in [0.29, 0.717) is 5.92 Å². The maximum Gasteiger partial charge on any atom is 0.303 e. The number of nitrogens with zero attached hydrogens (tertiary/aromatic N) is 2. The van der Waals surface area contributed by atoms with Gasteiger partial charge in [0.1, 0.15) is 0 Å². The van der Waals surface area contributed by atoms with E-state index in [-0.39, 0.29) is 18.2 Å². The Balaban J connectivity index is 1.70. The van der Waals surface area contributed by atoms with Gasteiger partial charge < -0.3 is 14.9 Å². The Morgan fingerprint density at radius 3 is 2.33 bits per heavy atom. The third kappa shape index (κ3) is 4.99. The number of hydrogen-bond donors (Lipinski definition) is 1. The normalized spacial score (nSPS) is 22.4. The van der Waals surface area contributed by atoms with Crippen molar-refractivity contribution in [3.05, 3.63) is 0 Å². The molecule has 2 aliphatic rings. The number of carboxylic acid groups (broad SMARTS) is 1. The minimum Gasteiger partial charge on any atom is -0.481 e. The highest BCUT2D eigenvalue weighted by Gasteiger charge is 2.27. The maximum absolute atomic E-state index is 12.5. The van der Waals surface area contributed by atoms with Crippen molar-refractivity contribution < 1.29 is 14.7 Å². The molecule has 5 nitrogen and oxygen atoms in total. The topological polar surface area (TPSA) is 60.9 Å². The molecule has 0 aromatic carbocycles. The lowest BCUT2D eigenvalue weighted by molar-refractivity contribution is -0.139. The van der Waals surface area contributed by atoms with Gasteiger partial charge >= 0.3 is 5.97 Å². The van der Waals surface area contributed by atoms with Crippen LogP contribution in [0.25, 0.3) is 0 Å². The van der Waals surface area contributed by atoms with Gasteiger partial charge in [-0.1, -0.05) is 6.92 Å². The van der Waals surface area contributed by atoms with Gasteiger partial charge in [-0.2, -0.15) is 0 Å². The summed E-state index contributed by atoms with van der Waals surface area (Å²) in [4.78, 5) is 27.4. The number of piperidine rings is 1. The zero-order chi connectivity index (χ0) is 15.2. The predicted molar refractivity (Wildman–Crippen MR) is 81.0 cm³/mol. The number of likely N-dealkylation sites (tertiary alicyclic amines) is 2. The van der Waals surface area contributed by atoms with Crippen LogP contribution in [0.5, 0.6) is 0 Å². The van der Waals surface area contributed by atoms with E-state index in [1.54, 1.807) is 0 Å². The van der Waals surface area contributed by atoms with Crippen LogP contribution in [0.3, 0.4) is 0 Å². The van der Waals surface area contributed by atoms with Crippen molar-refractivity contribution in [3.8, 4) is 0 Å². The van der Waals surface area contributed by atoms with Gasteiger partial charge in [0.25, 0.3) is 0 Å². The maximum atomic E-state index is 12.5. The number of hydrogen-bond acceptors (Lipinski definition) is 3. The molecule has 2 saturated heterocycles. The monoisotopic (exact) mass is 296 g/mol. The Bertz CT molecular complexity index is 359. The second-order valence-corrected chi connectivity index (χ2v) is 6.61. The molecule has 2 aliphatic heterocycles. The highest BCUT2D eigenvalue weighted by atomic mass is 16.4. The molecular weight excluding hydrogens is 268 g/mol. The highest BCUT2D eigenvalue weighted by molar-refractivity contribution is 5.78. The Kier molecular flexibility index (Phi) is 6.03. The molecule has 1 N–H and O–H groups in total. The summed E-state index contributed by atoms with van der Waals surface area (Å²) in [7, 11) is 0. The lowest BCUT2D eigenvalue weighted by Crippen LogP contribution is -2.43. The van der Waals surface area contributed by atoms with Gasteiger partial charge in [-0.05, 0) is 51.1 Å². The van der Waals surface area contributed by atoms with E-state index in [0.717, 1.165) is 52.0 Å². The van der Waals surface area contributed by atoms with Crippen molar-refractivity contribution in [1.29, 1.82) is 0 Å². The Morgan fingerprint density at radius 1 is 1.14 bits per heavy atom. The predicted octanol–water partition coefficient (Wildman–Crippen LogP) is 1.82. The third-order valence-corrected chi connectivity index (χ3v) is 4.84. The minimum atomic E-state index is -0.715. The molecule has 0 aromatic rings. The molecule has 0 aromatic heterocycles. The largest absolute Gasteiger partial charge is 0.481 e. The first-order valence-electron chi connectivity index (χ1n) is 8.29. The molecule has 1 atom stereocenters. The SMILES string of the molecule is C[C@H](CN1CCCC1)C(=O)N1CCC(CCC(=O)O)CC1. The van der Waals surface area contributed by atoms with Crippen molar-refractivity contribution >= 4 is 11.9 Å². The molecular formula is C16H28N2O3. The van der Waals surface area contributed by atoms with Crippen molar-refractivity contribution in [2.24, 2.45) is 11.8 Å². The highest BCUT2D eigenvalue weighted by Crippen LogP contribution is 2.23. The van der Waals surface area contributed by atoms with Crippen LogP contribution in [0, 0.1) is 11.8 Å². The van der Waals surface area contributed by atoms with Crippen LogP contribution in [0.4, 0.5) is 0 Å². The van der Waals surface area contributed by atoms with Crippen LogP contribution >= 0.6 is 0 Å². The molecule has 2 fully saturated rings. The van der Waals surface area contributed by atoms with Crippen molar-refractivity contribution in [3.63, 3.8) is 0 Å². The minimum absolute atomic E-state index is 0.0821. The number of carbonyl (C=O) groups is 2. The fourth-order valence-corrected chi connectivity index (χ4v) is 3.51. The lowest BCUT2D eigenvalue weighted by Gasteiger charge is -2.34. The average Bonchev–Trinajstić information content (AvgIpc) is 2.97. The molecule has 21 heavy (non-hydrogen) atoms. The molecule has 0 aliphatic carbocycles. The molecule has 5 heteroatoms. The van der Waals surface area contributed by atoms with Gasteiger partial charge in [0.15, 0.2) is 0 Å².